The number of oxime groups is 1. The lowest BCUT2D eigenvalue weighted by Crippen LogP contribution is -2.28. The van der Waals surface area contributed by atoms with Crippen LogP contribution in [-0.4, -0.2) is 34.0 Å². The van der Waals surface area contributed by atoms with Crippen LogP contribution in [0.5, 0.6) is 0 Å². The van der Waals surface area contributed by atoms with Crippen LogP contribution in [0, 0.1) is 0 Å². The van der Waals surface area contributed by atoms with E-state index in [1.165, 1.54) is 11.8 Å². The molecule has 1 fully saturated rings. The second kappa shape index (κ2) is 5.01. The summed E-state index contributed by atoms with van der Waals surface area (Å²) in [7, 11) is 0. The van der Waals surface area contributed by atoms with Crippen LogP contribution in [0.2, 0.25) is 0 Å². The molecule has 15 heavy (non-hydrogen) atoms. The SMILES string of the molecule is C=C[C@H]1OC(C)(C)O[C@H]1/C(=N/O)SCC. The third kappa shape index (κ3) is 2.96. The summed E-state index contributed by atoms with van der Waals surface area (Å²) in [6.07, 6.45) is 1.05. The summed E-state index contributed by atoms with van der Waals surface area (Å²) < 4.78 is 11.2. The second-order valence-corrected chi connectivity index (χ2v) is 4.91. The highest BCUT2D eigenvalue weighted by atomic mass is 32.2. The van der Waals surface area contributed by atoms with Crippen LogP contribution in [-0.2, 0) is 9.47 Å². The Morgan fingerprint density at radius 2 is 2.27 bits per heavy atom. The molecular weight excluding hydrogens is 214 g/mol. The predicted octanol–water partition coefficient (Wildman–Crippen LogP) is 2.23. The van der Waals surface area contributed by atoms with E-state index in [4.69, 9.17) is 14.7 Å². The first kappa shape index (κ1) is 12.5. The molecule has 4 nitrogen and oxygen atoms in total. The lowest BCUT2D eigenvalue weighted by molar-refractivity contribution is -0.137. The molecule has 1 rings (SSSR count). The van der Waals surface area contributed by atoms with Gasteiger partial charge in [-0.3, -0.25) is 0 Å². The van der Waals surface area contributed by atoms with Crippen molar-refractivity contribution >= 4 is 16.8 Å². The summed E-state index contributed by atoms with van der Waals surface area (Å²) in [6.45, 7) is 9.33. The Kier molecular flexibility index (Phi) is 4.19. The Bertz CT molecular complexity index is 265. The zero-order valence-corrected chi connectivity index (χ0v) is 10.1. The van der Waals surface area contributed by atoms with Crippen molar-refractivity contribution in [3.05, 3.63) is 12.7 Å². The fourth-order valence-corrected chi connectivity index (χ4v) is 2.17. The van der Waals surface area contributed by atoms with Gasteiger partial charge in [-0.1, -0.05) is 18.2 Å². The summed E-state index contributed by atoms with van der Waals surface area (Å²) in [5.74, 6) is 0.164. The molecule has 0 aromatic carbocycles. The normalized spacial score (nSPS) is 30.5. The number of thioether (sulfide) groups is 1. The van der Waals surface area contributed by atoms with Gasteiger partial charge in [0.25, 0.3) is 0 Å². The zero-order valence-electron chi connectivity index (χ0n) is 9.27. The summed E-state index contributed by atoms with van der Waals surface area (Å²) >= 11 is 1.44. The zero-order chi connectivity index (χ0) is 11.5. The number of hydrogen-bond acceptors (Lipinski definition) is 5. The molecule has 0 radical (unpaired) electrons. The maximum atomic E-state index is 8.90. The molecule has 0 unspecified atom stereocenters. The Labute approximate surface area is 94.3 Å². The number of rotatable bonds is 3. The number of nitrogens with zero attached hydrogens (tertiary/aromatic N) is 1. The molecule has 1 aliphatic rings. The first-order valence-corrected chi connectivity index (χ1v) is 5.85. The maximum absolute atomic E-state index is 8.90. The van der Waals surface area contributed by atoms with E-state index in [-0.39, 0.29) is 12.2 Å². The molecule has 5 heteroatoms. The Hall–Kier alpha value is -0.520. The molecule has 86 valence electrons. The minimum atomic E-state index is -0.659. The van der Waals surface area contributed by atoms with E-state index in [0.29, 0.717) is 5.04 Å². The highest BCUT2D eigenvalue weighted by Gasteiger charge is 2.42. The maximum Gasteiger partial charge on any atom is 0.164 e. The topological polar surface area (TPSA) is 51.0 Å². The minimum Gasteiger partial charge on any atom is -0.410 e. The number of hydrogen-bond donors (Lipinski definition) is 1. The molecule has 0 spiro atoms. The van der Waals surface area contributed by atoms with Crippen molar-refractivity contribution in [2.45, 2.75) is 38.8 Å². The summed E-state index contributed by atoms with van der Waals surface area (Å²) in [4.78, 5) is 0. The average Bonchev–Trinajstić information content (AvgIpc) is 2.50. The van der Waals surface area contributed by atoms with Crippen molar-refractivity contribution in [2.75, 3.05) is 5.75 Å². The first-order valence-electron chi connectivity index (χ1n) is 4.87. The molecule has 0 saturated carbocycles. The summed E-state index contributed by atoms with van der Waals surface area (Å²) in [5, 5.41) is 12.7. The van der Waals surface area contributed by atoms with Crippen molar-refractivity contribution < 1.29 is 14.7 Å². The molecule has 0 amide bonds. The lowest BCUT2D eigenvalue weighted by atomic mass is 10.2. The van der Waals surface area contributed by atoms with Crippen LogP contribution in [0.25, 0.3) is 0 Å². The van der Waals surface area contributed by atoms with E-state index in [2.05, 4.69) is 11.7 Å². The smallest absolute Gasteiger partial charge is 0.164 e. The van der Waals surface area contributed by atoms with Crippen LogP contribution in [0.3, 0.4) is 0 Å². The van der Waals surface area contributed by atoms with E-state index < -0.39 is 5.79 Å². The van der Waals surface area contributed by atoms with Crippen LogP contribution >= 0.6 is 11.8 Å². The molecule has 0 bridgehead atoms. The highest BCUT2D eigenvalue weighted by Crippen LogP contribution is 2.31. The van der Waals surface area contributed by atoms with Crippen molar-refractivity contribution in [3.63, 3.8) is 0 Å². The lowest BCUT2D eigenvalue weighted by Gasteiger charge is -2.16. The van der Waals surface area contributed by atoms with E-state index in [1.54, 1.807) is 6.08 Å². The fraction of sp³-hybridized carbons (Fsp3) is 0.700. The molecule has 1 heterocycles. The first-order chi connectivity index (χ1) is 7.04. The molecule has 1 aliphatic heterocycles. The van der Waals surface area contributed by atoms with Gasteiger partial charge in [-0.15, -0.1) is 18.3 Å². The Morgan fingerprint density at radius 3 is 2.73 bits per heavy atom. The second-order valence-electron chi connectivity index (χ2n) is 3.63. The largest absolute Gasteiger partial charge is 0.410 e. The fourth-order valence-electron chi connectivity index (χ4n) is 1.47. The van der Waals surface area contributed by atoms with E-state index >= 15 is 0 Å². The van der Waals surface area contributed by atoms with E-state index in [0.717, 1.165) is 5.75 Å². The standard InChI is InChI=1S/C10H17NO3S/c1-5-7-8(9(11-12)15-6-2)14-10(3,4)13-7/h5,7-8,12H,1,6H2,2-4H3/b11-9-/t7-,8-/m1/s1. The van der Waals surface area contributed by atoms with E-state index in [1.807, 2.05) is 20.8 Å². The van der Waals surface area contributed by atoms with Crippen LogP contribution in [0.1, 0.15) is 20.8 Å². The van der Waals surface area contributed by atoms with Crippen LogP contribution < -0.4 is 0 Å². The van der Waals surface area contributed by atoms with Gasteiger partial charge in [0.15, 0.2) is 5.79 Å². The van der Waals surface area contributed by atoms with E-state index in [9.17, 15) is 0 Å². The van der Waals surface area contributed by atoms with Crippen molar-refractivity contribution in [1.29, 1.82) is 0 Å². The molecule has 1 saturated heterocycles. The van der Waals surface area contributed by atoms with Crippen molar-refractivity contribution in [1.82, 2.24) is 0 Å². The molecule has 0 aliphatic carbocycles. The number of ether oxygens (including phenoxy) is 2. The molecule has 1 N–H and O–H groups in total. The Balaban J connectivity index is 2.79. The average molecular weight is 231 g/mol. The predicted molar refractivity (Wildman–Crippen MR) is 61.4 cm³/mol. The van der Waals surface area contributed by atoms with Gasteiger partial charge in [0, 0.05) is 0 Å². The van der Waals surface area contributed by atoms with Crippen molar-refractivity contribution in [2.24, 2.45) is 5.16 Å². The van der Waals surface area contributed by atoms with Gasteiger partial charge in [0.1, 0.15) is 17.3 Å². The highest BCUT2D eigenvalue weighted by molar-refractivity contribution is 8.14. The molecule has 0 aromatic heterocycles. The monoisotopic (exact) mass is 231 g/mol. The van der Waals surface area contributed by atoms with Gasteiger partial charge in [0.2, 0.25) is 0 Å². The third-order valence-corrected chi connectivity index (χ3v) is 2.89. The summed E-state index contributed by atoms with van der Waals surface area (Å²) in [6, 6.07) is 0. The molecular formula is C10H17NO3S. The van der Waals surface area contributed by atoms with Gasteiger partial charge in [0.05, 0.1) is 0 Å². The van der Waals surface area contributed by atoms with Crippen LogP contribution in [0.4, 0.5) is 0 Å². The summed E-state index contributed by atoms with van der Waals surface area (Å²) in [5.41, 5.74) is 0. The van der Waals surface area contributed by atoms with Gasteiger partial charge >= 0.3 is 0 Å². The van der Waals surface area contributed by atoms with Gasteiger partial charge in [-0.25, -0.2) is 0 Å². The molecule has 0 aromatic rings. The van der Waals surface area contributed by atoms with Crippen LogP contribution in [0.15, 0.2) is 17.8 Å². The molecule has 2 atom stereocenters. The quantitative estimate of drug-likeness (QED) is 0.266. The van der Waals surface area contributed by atoms with Crippen molar-refractivity contribution in [3.8, 4) is 0 Å². The third-order valence-electron chi connectivity index (χ3n) is 2.00. The Morgan fingerprint density at radius 1 is 1.60 bits per heavy atom. The van der Waals surface area contributed by atoms with Gasteiger partial charge in [-0.2, -0.15) is 0 Å². The van der Waals surface area contributed by atoms with Gasteiger partial charge in [-0.05, 0) is 19.6 Å². The minimum absolute atomic E-state index is 0.259. The van der Waals surface area contributed by atoms with Gasteiger partial charge < -0.3 is 14.7 Å².